The van der Waals surface area contributed by atoms with Gasteiger partial charge in [0, 0.05) is 13.7 Å². The van der Waals surface area contributed by atoms with Crippen LogP contribution in [0.5, 0.6) is 0 Å². The van der Waals surface area contributed by atoms with E-state index < -0.39 is 10.0 Å². The van der Waals surface area contributed by atoms with Crippen LogP contribution in [0, 0.1) is 0 Å². The van der Waals surface area contributed by atoms with Crippen LogP contribution in [-0.2, 0) is 14.8 Å². The minimum atomic E-state index is -3.59. The van der Waals surface area contributed by atoms with Gasteiger partial charge in [-0.3, -0.25) is 5.10 Å². The summed E-state index contributed by atoms with van der Waals surface area (Å²) >= 11 is 0. The Morgan fingerprint density at radius 3 is 2.71 bits per heavy atom. The highest BCUT2D eigenvalue weighted by Crippen LogP contribution is 2.35. The van der Waals surface area contributed by atoms with E-state index in [1.54, 1.807) is 37.4 Å². The van der Waals surface area contributed by atoms with E-state index in [1.165, 1.54) is 10.6 Å². The molecule has 21 heavy (non-hydrogen) atoms. The molecule has 2 atom stereocenters. The Morgan fingerprint density at radius 2 is 2.10 bits per heavy atom. The second kappa shape index (κ2) is 5.55. The molecule has 1 N–H and O–H groups in total. The van der Waals surface area contributed by atoms with E-state index in [0.29, 0.717) is 18.8 Å². The van der Waals surface area contributed by atoms with E-state index in [1.807, 2.05) is 0 Å². The first-order chi connectivity index (χ1) is 10.1. The Kier molecular flexibility index (Phi) is 3.75. The smallest absolute Gasteiger partial charge is 0.243 e. The zero-order chi connectivity index (χ0) is 14.9. The summed E-state index contributed by atoms with van der Waals surface area (Å²) in [4.78, 5) is 4.37. The van der Waals surface area contributed by atoms with Crippen molar-refractivity contribution in [3.63, 3.8) is 0 Å². The average Bonchev–Trinajstić information content (AvgIpc) is 3.17. The highest BCUT2D eigenvalue weighted by atomic mass is 32.2. The molecule has 0 radical (unpaired) electrons. The van der Waals surface area contributed by atoms with Gasteiger partial charge >= 0.3 is 0 Å². The fourth-order valence-corrected chi connectivity index (χ4v) is 4.21. The van der Waals surface area contributed by atoms with Gasteiger partial charge in [0.05, 0.1) is 17.0 Å². The number of hydrogen-bond donors (Lipinski definition) is 1. The van der Waals surface area contributed by atoms with E-state index in [9.17, 15) is 8.42 Å². The largest absolute Gasteiger partial charge is 0.380 e. The van der Waals surface area contributed by atoms with Crippen molar-refractivity contribution >= 4 is 10.0 Å². The molecular formula is C13H16N4O3S. The summed E-state index contributed by atoms with van der Waals surface area (Å²) in [5.74, 6) is 0.536. The number of methoxy groups -OCH3 is 1. The first kappa shape index (κ1) is 14.2. The SMILES string of the molecule is CO[C@@H]1C[C@@H](c2ncn[nH]2)N(S(=O)(=O)c2ccccc2)C1. The van der Waals surface area contributed by atoms with Gasteiger partial charge in [-0.2, -0.15) is 9.40 Å². The summed E-state index contributed by atoms with van der Waals surface area (Å²) in [7, 11) is -2.01. The summed E-state index contributed by atoms with van der Waals surface area (Å²) in [6.07, 6.45) is 1.78. The molecule has 0 bridgehead atoms. The van der Waals surface area contributed by atoms with E-state index in [4.69, 9.17) is 4.74 Å². The summed E-state index contributed by atoms with van der Waals surface area (Å²) in [5, 5.41) is 6.56. The molecular weight excluding hydrogens is 292 g/mol. The lowest BCUT2D eigenvalue weighted by atomic mass is 10.2. The molecule has 2 aromatic rings. The second-order valence-corrected chi connectivity index (χ2v) is 6.76. The Bertz CT molecular complexity index is 687. The third-order valence-corrected chi connectivity index (χ3v) is 5.54. The highest BCUT2D eigenvalue weighted by Gasteiger charge is 2.42. The number of hydrogen-bond acceptors (Lipinski definition) is 5. The van der Waals surface area contributed by atoms with Crippen LogP contribution >= 0.6 is 0 Å². The quantitative estimate of drug-likeness (QED) is 0.908. The Morgan fingerprint density at radius 1 is 1.33 bits per heavy atom. The van der Waals surface area contributed by atoms with Crippen LogP contribution in [0.2, 0.25) is 0 Å². The standard InChI is InChI=1S/C13H16N4O3S/c1-20-10-7-12(13-14-9-15-16-13)17(8-10)21(18,19)11-5-3-2-4-6-11/h2-6,9-10,12H,7-8H2,1H3,(H,14,15,16)/t10-,12+/m1/s1. The van der Waals surface area contributed by atoms with Gasteiger partial charge in [-0.15, -0.1) is 0 Å². The van der Waals surface area contributed by atoms with Gasteiger partial charge in [0.25, 0.3) is 0 Å². The molecule has 0 amide bonds. The molecule has 112 valence electrons. The summed E-state index contributed by atoms with van der Waals surface area (Å²) in [5.41, 5.74) is 0. The lowest BCUT2D eigenvalue weighted by molar-refractivity contribution is 0.114. The van der Waals surface area contributed by atoms with E-state index in [2.05, 4.69) is 15.2 Å². The third-order valence-electron chi connectivity index (χ3n) is 3.65. The zero-order valence-corrected chi connectivity index (χ0v) is 12.3. The molecule has 0 aliphatic carbocycles. The van der Waals surface area contributed by atoms with Crippen molar-refractivity contribution in [3.8, 4) is 0 Å². The summed E-state index contributed by atoms with van der Waals surface area (Å²) < 4.78 is 32.4. The molecule has 8 heteroatoms. The molecule has 0 unspecified atom stereocenters. The maximum atomic E-state index is 12.8. The van der Waals surface area contributed by atoms with Crippen LogP contribution in [0.1, 0.15) is 18.3 Å². The monoisotopic (exact) mass is 308 g/mol. The number of aromatic nitrogens is 3. The van der Waals surface area contributed by atoms with E-state index in [0.717, 1.165) is 0 Å². The second-order valence-electron chi connectivity index (χ2n) is 4.87. The van der Waals surface area contributed by atoms with Crippen molar-refractivity contribution in [1.82, 2.24) is 19.5 Å². The normalized spacial score (nSPS) is 23.5. The number of nitrogens with one attached hydrogen (secondary N) is 1. The van der Waals surface area contributed by atoms with Gasteiger partial charge in [-0.25, -0.2) is 13.4 Å². The maximum absolute atomic E-state index is 12.8. The number of ether oxygens (including phenoxy) is 1. The zero-order valence-electron chi connectivity index (χ0n) is 11.5. The molecule has 1 fully saturated rings. The molecule has 0 saturated carbocycles. The number of H-pyrrole nitrogens is 1. The number of sulfonamides is 1. The minimum Gasteiger partial charge on any atom is -0.380 e. The van der Waals surface area contributed by atoms with Crippen molar-refractivity contribution in [2.75, 3.05) is 13.7 Å². The molecule has 3 rings (SSSR count). The van der Waals surface area contributed by atoms with Crippen LogP contribution in [0.25, 0.3) is 0 Å². The van der Waals surface area contributed by atoms with E-state index >= 15 is 0 Å². The molecule has 1 saturated heterocycles. The van der Waals surface area contributed by atoms with Crippen molar-refractivity contribution in [3.05, 3.63) is 42.5 Å². The van der Waals surface area contributed by atoms with Crippen molar-refractivity contribution in [1.29, 1.82) is 0 Å². The minimum absolute atomic E-state index is 0.154. The average molecular weight is 308 g/mol. The van der Waals surface area contributed by atoms with Crippen molar-refractivity contribution < 1.29 is 13.2 Å². The molecule has 1 aromatic heterocycles. The van der Waals surface area contributed by atoms with Gasteiger partial charge in [0.1, 0.15) is 12.2 Å². The molecule has 2 heterocycles. The predicted molar refractivity (Wildman–Crippen MR) is 74.9 cm³/mol. The van der Waals surface area contributed by atoms with Gasteiger partial charge in [0.2, 0.25) is 10.0 Å². The van der Waals surface area contributed by atoms with Gasteiger partial charge in [-0.05, 0) is 18.6 Å². The van der Waals surface area contributed by atoms with Crippen LogP contribution < -0.4 is 0 Å². The maximum Gasteiger partial charge on any atom is 0.243 e. The van der Waals surface area contributed by atoms with E-state index in [-0.39, 0.29) is 17.0 Å². The van der Waals surface area contributed by atoms with Crippen LogP contribution in [0.4, 0.5) is 0 Å². The molecule has 1 aliphatic heterocycles. The molecule has 7 nitrogen and oxygen atoms in total. The summed E-state index contributed by atoms with van der Waals surface area (Å²) in [6.45, 7) is 0.305. The van der Waals surface area contributed by atoms with Crippen LogP contribution in [0.3, 0.4) is 0 Å². The number of nitrogens with zero attached hydrogens (tertiary/aromatic N) is 3. The molecule has 1 aliphatic rings. The third kappa shape index (κ3) is 2.57. The van der Waals surface area contributed by atoms with Crippen LogP contribution in [0.15, 0.2) is 41.6 Å². The molecule has 1 aromatic carbocycles. The van der Waals surface area contributed by atoms with Gasteiger partial charge in [-0.1, -0.05) is 18.2 Å². The van der Waals surface area contributed by atoms with Crippen LogP contribution in [-0.4, -0.2) is 47.7 Å². The lowest BCUT2D eigenvalue weighted by Crippen LogP contribution is -2.32. The Labute approximate surface area is 123 Å². The fraction of sp³-hybridized carbons (Fsp3) is 0.385. The topological polar surface area (TPSA) is 88.2 Å². The lowest BCUT2D eigenvalue weighted by Gasteiger charge is -2.22. The van der Waals surface area contributed by atoms with Crippen molar-refractivity contribution in [2.45, 2.75) is 23.5 Å². The van der Waals surface area contributed by atoms with Crippen molar-refractivity contribution in [2.24, 2.45) is 0 Å². The first-order valence-electron chi connectivity index (χ1n) is 6.58. The Hall–Kier alpha value is -1.77. The Balaban J connectivity index is 1.98. The summed E-state index contributed by atoms with van der Waals surface area (Å²) in [6, 6.07) is 8.00. The van der Waals surface area contributed by atoms with Gasteiger partial charge < -0.3 is 4.74 Å². The first-order valence-corrected chi connectivity index (χ1v) is 8.02. The number of aromatic amines is 1. The van der Waals surface area contributed by atoms with Gasteiger partial charge in [0.15, 0.2) is 0 Å². The predicted octanol–water partition coefficient (Wildman–Crippen LogP) is 0.955. The highest BCUT2D eigenvalue weighted by molar-refractivity contribution is 7.89. The molecule has 0 spiro atoms. The number of rotatable bonds is 4. The number of benzene rings is 1. The fourth-order valence-electron chi connectivity index (χ4n) is 2.56.